The van der Waals surface area contributed by atoms with Crippen LogP contribution in [0.3, 0.4) is 0 Å². The maximum Gasteiger partial charge on any atom is 0.244 e. The molecule has 1 atom stereocenters. The standard InChI is InChI=1S/C28H32N4O2S/c1-21-9-8-16-31(18-21)19-24-11-7-6-10-23(24)17-29-27(34)15-14-25-20-35-28(30-25)32(22(2)33)26-12-4-3-5-13-26/h3-7,10-15,20-21H,8-9,16-19H2,1-2H3,(H,29,34)/b15-14+. The highest BCUT2D eigenvalue weighted by Gasteiger charge is 2.18. The summed E-state index contributed by atoms with van der Waals surface area (Å²) in [7, 11) is 0. The molecule has 2 amide bonds. The van der Waals surface area contributed by atoms with Crippen LogP contribution in [-0.4, -0.2) is 34.8 Å². The Morgan fingerprint density at radius 1 is 1.14 bits per heavy atom. The van der Waals surface area contributed by atoms with E-state index in [1.54, 1.807) is 11.0 Å². The molecule has 1 aliphatic rings. The number of para-hydroxylation sites is 1. The van der Waals surface area contributed by atoms with Crippen LogP contribution in [0.15, 0.2) is 66.1 Å². The number of rotatable bonds is 8. The number of hydrogen-bond donors (Lipinski definition) is 1. The van der Waals surface area contributed by atoms with Gasteiger partial charge in [0.05, 0.1) is 11.4 Å². The SMILES string of the molecule is CC(=O)N(c1ccccc1)c1nc(/C=C/C(=O)NCc2ccccc2CN2CCCC(C)C2)cs1. The van der Waals surface area contributed by atoms with E-state index >= 15 is 0 Å². The molecule has 7 heteroatoms. The number of carbonyl (C=O) groups is 2. The van der Waals surface area contributed by atoms with Gasteiger partial charge in [-0.05, 0) is 54.6 Å². The van der Waals surface area contributed by atoms with Crippen LogP contribution < -0.4 is 10.2 Å². The van der Waals surface area contributed by atoms with E-state index in [1.807, 2.05) is 41.8 Å². The van der Waals surface area contributed by atoms with Crippen molar-refractivity contribution in [3.8, 4) is 0 Å². The van der Waals surface area contributed by atoms with Gasteiger partial charge in [0.15, 0.2) is 5.13 Å². The van der Waals surface area contributed by atoms with Gasteiger partial charge in [0, 0.05) is 38.0 Å². The van der Waals surface area contributed by atoms with Crippen molar-refractivity contribution in [3.63, 3.8) is 0 Å². The van der Waals surface area contributed by atoms with Crippen molar-refractivity contribution in [2.45, 2.75) is 39.8 Å². The highest BCUT2D eigenvalue weighted by atomic mass is 32.1. The van der Waals surface area contributed by atoms with Crippen LogP contribution in [0.2, 0.25) is 0 Å². The van der Waals surface area contributed by atoms with Gasteiger partial charge in [-0.15, -0.1) is 11.3 Å². The fourth-order valence-electron chi connectivity index (χ4n) is 4.42. The van der Waals surface area contributed by atoms with E-state index in [9.17, 15) is 9.59 Å². The van der Waals surface area contributed by atoms with E-state index in [1.165, 1.54) is 42.7 Å². The summed E-state index contributed by atoms with van der Waals surface area (Å²) in [6.45, 7) is 7.49. The van der Waals surface area contributed by atoms with Gasteiger partial charge in [0.2, 0.25) is 11.8 Å². The fourth-order valence-corrected chi connectivity index (χ4v) is 5.27. The van der Waals surface area contributed by atoms with Gasteiger partial charge in [-0.2, -0.15) is 0 Å². The number of nitrogens with zero attached hydrogens (tertiary/aromatic N) is 3. The van der Waals surface area contributed by atoms with Gasteiger partial charge in [0.25, 0.3) is 0 Å². The summed E-state index contributed by atoms with van der Waals surface area (Å²) in [5.41, 5.74) is 3.81. The number of piperidine rings is 1. The van der Waals surface area contributed by atoms with Gasteiger partial charge in [0.1, 0.15) is 0 Å². The third-order valence-electron chi connectivity index (χ3n) is 6.14. The zero-order valence-corrected chi connectivity index (χ0v) is 21.1. The van der Waals surface area contributed by atoms with Gasteiger partial charge in [-0.1, -0.05) is 49.4 Å². The third kappa shape index (κ3) is 6.87. The number of amides is 2. The molecule has 1 saturated heterocycles. The highest BCUT2D eigenvalue weighted by molar-refractivity contribution is 7.14. The number of aromatic nitrogens is 1. The molecule has 2 aromatic carbocycles. The molecule has 4 rings (SSSR count). The van der Waals surface area contributed by atoms with Crippen molar-refractivity contribution in [1.29, 1.82) is 0 Å². The van der Waals surface area contributed by atoms with E-state index in [0.29, 0.717) is 17.4 Å². The van der Waals surface area contributed by atoms with Crippen molar-refractivity contribution in [1.82, 2.24) is 15.2 Å². The second-order valence-corrected chi connectivity index (χ2v) is 9.88. The Kier molecular flexibility index (Phi) is 8.45. The maximum atomic E-state index is 12.5. The minimum Gasteiger partial charge on any atom is -0.348 e. The molecular weight excluding hydrogens is 456 g/mol. The molecule has 2 heterocycles. The first-order valence-corrected chi connectivity index (χ1v) is 12.9. The van der Waals surface area contributed by atoms with Gasteiger partial charge in [-0.3, -0.25) is 19.4 Å². The number of thiazole rings is 1. The van der Waals surface area contributed by atoms with Crippen molar-refractivity contribution >= 4 is 40.0 Å². The summed E-state index contributed by atoms with van der Waals surface area (Å²) in [6, 6.07) is 17.7. The lowest BCUT2D eigenvalue weighted by Gasteiger charge is -2.31. The molecule has 0 bridgehead atoms. The van der Waals surface area contributed by atoms with E-state index in [2.05, 4.69) is 40.3 Å². The predicted octanol–water partition coefficient (Wildman–Crippen LogP) is 5.39. The lowest BCUT2D eigenvalue weighted by molar-refractivity contribution is -0.117. The molecular formula is C28H32N4O2S. The number of hydrogen-bond acceptors (Lipinski definition) is 5. The normalized spacial score (nSPS) is 16.3. The number of carbonyl (C=O) groups excluding carboxylic acids is 2. The van der Waals surface area contributed by atoms with Crippen LogP contribution in [0.4, 0.5) is 10.8 Å². The molecule has 0 aliphatic carbocycles. The van der Waals surface area contributed by atoms with Gasteiger partial charge < -0.3 is 5.32 Å². The summed E-state index contributed by atoms with van der Waals surface area (Å²) in [5, 5.41) is 5.41. The molecule has 1 fully saturated rings. The van der Waals surface area contributed by atoms with Crippen LogP contribution in [0, 0.1) is 5.92 Å². The van der Waals surface area contributed by atoms with E-state index < -0.39 is 0 Å². The molecule has 35 heavy (non-hydrogen) atoms. The fraction of sp³-hybridized carbons (Fsp3) is 0.321. The van der Waals surface area contributed by atoms with Gasteiger partial charge >= 0.3 is 0 Å². The number of likely N-dealkylation sites (tertiary alicyclic amines) is 1. The van der Waals surface area contributed by atoms with Crippen molar-refractivity contribution in [2.75, 3.05) is 18.0 Å². The van der Waals surface area contributed by atoms with Crippen molar-refractivity contribution in [3.05, 3.63) is 82.9 Å². The Hall–Kier alpha value is -3.29. The molecule has 1 aliphatic heterocycles. The maximum absolute atomic E-state index is 12.5. The zero-order valence-electron chi connectivity index (χ0n) is 20.3. The van der Waals surface area contributed by atoms with Crippen molar-refractivity contribution in [2.24, 2.45) is 5.92 Å². The minimum absolute atomic E-state index is 0.114. The summed E-state index contributed by atoms with van der Waals surface area (Å²) in [6.07, 6.45) is 5.73. The molecule has 1 aromatic heterocycles. The van der Waals surface area contributed by atoms with E-state index in [0.717, 1.165) is 36.8 Å². The molecule has 182 valence electrons. The Morgan fingerprint density at radius 3 is 2.63 bits per heavy atom. The molecule has 0 radical (unpaired) electrons. The summed E-state index contributed by atoms with van der Waals surface area (Å²) < 4.78 is 0. The first-order valence-electron chi connectivity index (χ1n) is 12.1. The molecule has 0 spiro atoms. The first kappa shape index (κ1) is 24.8. The molecule has 0 saturated carbocycles. The summed E-state index contributed by atoms with van der Waals surface area (Å²) in [4.78, 5) is 33.3. The largest absolute Gasteiger partial charge is 0.348 e. The Balaban J connectivity index is 1.35. The summed E-state index contributed by atoms with van der Waals surface area (Å²) in [5.74, 6) is 0.450. The highest BCUT2D eigenvalue weighted by Crippen LogP contribution is 2.29. The molecule has 1 unspecified atom stereocenters. The average Bonchev–Trinajstić information content (AvgIpc) is 3.31. The molecule has 3 aromatic rings. The lowest BCUT2D eigenvalue weighted by atomic mass is 9.99. The van der Waals surface area contributed by atoms with Crippen LogP contribution >= 0.6 is 11.3 Å². The van der Waals surface area contributed by atoms with Crippen molar-refractivity contribution < 1.29 is 9.59 Å². The Bertz CT molecular complexity index is 1170. The van der Waals surface area contributed by atoms with Crippen LogP contribution in [0.5, 0.6) is 0 Å². The number of anilines is 2. The van der Waals surface area contributed by atoms with Gasteiger partial charge in [-0.25, -0.2) is 4.98 Å². The van der Waals surface area contributed by atoms with E-state index in [4.69, 9.17) is 0 Å². The topological polar surface area (TPSA) is 65.5 Å². The van der Waals surface area contributed by atoms with Crippen LogP contribution in [0.25, 0.3) is 6.08 Å². The van der Waals surface area contributed by atoms with E-state index in [-0.39, 0.29) is 11.8 Å². The quantitative estimate of drug-likeness (QED) is 0.432. The molecule has 6 nitrogen and oxygen atoms in total. The first-order chi connectivity index (χ1) is 17.0. The number of benzene rings is 2. The molecule has 1 N–H and O–H groups in total. The average molecular weight is 489 g/mol. The predicted molar refractivity (Wildman–Crippen MR) is 142 cm³/mol. The second-order valence-electron chi connectivity index (χ2n) is 9.05. The van der Waals surface area contributed by atoms with Crippen LogP contribution in [-0.2, 0) is 22.7 Å². The van der Waals surface area contributed by atoms with Crippen LogP contribution in [0.1, 0.15) is 43.5 Å². The smallest absolute Gasteiger partial charge is 0.244 e. The second kappa shape index (κ2) is 11.9. The Morgan fingerprint density at radius 2 is 1.89 bits per heavy atom. The summed E-state index contributed by atoms with van der Waals surface area (Å²) >= 11 is 1.37. The number of nitrogens with one attached hydrogen (secondary N) is 1. The monoisotopic (exact) mass is 488 g/mol. The lowest BCUT2D eigenvalue weighted by Crippen LogP contribution is -2.34. The zero-order chi connectivity index (χ0) is 24.6. The minimum atomic E-state index is -0.174. The third-order valence-corrected chi connectivity index (χ3v) is 6.99. The Labute approximate surface area is 211 Å².